The van der Waals surface area contributed by atoms with Crippen molar-refractivity contribution >= 4 is 15.6 Å². The average Bonchev–Trinajstić information content (AvgIpc) is 2.85. The molecule has 0 radical (unpaired) electrons. The van der Waals surface area contributed by atoms with Crippen LogP contribution in [0.2, 0.25) is 0 Å². The minimum absolute atomic E-state index is 0.287. The molecule has 2 unspecified atom stereocenters. The minimum Gasteiger partial charge on any atom is -0.395 e. The zero-order valence-corrected chi connectivity index (χ0v) is 23.3. The van der Waals surface area contributed by atoms with Crippen molar-refractivity contribution in [2.75, 3.05) is 0 Å². The van der Waals surface area contributed by atoms with Crippen LogP contribution in [-0.2, 0) is 9.13 Å². The summed E-state index contributed by atoms with van der Waals surface area (Å²) in [5.41, 5.74) is 3.65. The fourth-order valence-corrected chi connectivity index (χ4v) is 4.93. The van der Waals surface area contributed by atoms with Crippen LogP contribution < -0.4 is 18.1 Å². The molecule has 10 heteroatoms. The predicted octanol–water partition coefficient (Wildman–Crippen LogP) is 7.72. The molecule has 2 atom stereocenters. The average molecular weight is 556 g/mol. The molecule has 4 rings (SSSR count). The second-order valence-electron chi connectivity index (χ2n) is 8.46. The maximum absolute atomic E-state index is 12.1. The van der Waals surface area contributed by atoms with Crippen molar-refractivity contribution in [1.29, 1.82) is 0 Å². The van der Waals surface area contributed by atoms with E-state index in [4.69, 9.17) is 18.1 Å². The number of rotatable bonds is 8. The molecule has 0 bridgehead atoms. The van der Waals surface area contributed by atoms with Gasteiger partial charge in [-0.25, -0.2) is 9.13 Å². The molecule has 0 aliphatic carbocycles. The third-order valence-corrected chi connectivity index (χ3v) is 6.80. The van der Waals surface area contributed by atoms with E-state index < -0.39 is 15.6 Å². The number of benzene rings is 4. The standard InChI is InChI=1S/C15H17O4P.C13H13O4P/c1-11-7-9-14(10-8-11)18-20(16,17)19-15-12(2)5-4-6-13(15)3;1-11-7-9-13(10-8-11)17-18(14,15)16-12-5-3-2-4-6-12/h4-10H,1-3H3,(H,16,17);2-10H,1H3,(H,14,15). The van der Waals surface area contributed by atoms with Gasteiger partial charge in [-0.2, -0.15) is 0 Å². The van der Waals surface area contributed by atoms with Crippen molar-refractivity contribution in [2.24, 2.45) is 0 Å². The van der Waals surface area contributed by atoms with Gasteiger partial charge in [-0.3, -0.25) is 9.79 Å². The highest BCUT2D eigenvalue weighted by Crippen LogP contribution is 2.46. The molecule has 0 saturated heterocycles. The highest BCUT2D eigenvalue weighted by Gasteiger charge is 2.27. The van der Waals surface area contributed by atoms with Gasteiger partial charge < -0.3 is 18.1 Å². The third-order valence-electron chi connectivity index (χ3n) is 5.06. The van der Waals surface area contributed by atoms with Crippen LogP contribution in [-0.4, -0.2) is 9.79 Å². The van der Waals surface area contributed by atoms with Gasteiger partial charge in [-0.15, -0.1) is 0 Å². The van der Waals surface area contributed by atoms with E-state index in [9.17, 15) is 18.9 Å². The van der Waals surface area contributed by atoms with Crippen molar-refractivity contribution in [3.05, 3.63) is 119 Å². The van der Waals surface area contributed by atoms with Crippen LogP contribution in [0.15, 0.2) is 97.1 Å². The van der Waals surface area contributed by atoms with Crippen LogP contribution in [0.4, 0.5) is 0 Å². The second kappa shape index (κ2) is 12.8. The summed E-state index contributed by atoms with van der Waals surface area (Å²) in [4.78, 5) is 19.5. The second-order valence-corrected chi connectivity index (χ2v) is 11.1. The van der Waals surface area contributed by atoms with Gasteiger partial charge in [0.25, 0.3) is 0 Å². The summed E-state index contributed by atoms with van der Waals surface area (Å²) in [6.07, 6.45) is 0. The van der Waals surface area contributed by atoms with E-state index in [0.29, 0.717) is 17.2 Å². The van der Waals surface area contributed by atoms with Gasteiger partial charge in [0.05, 0.1) is 0 Å². The van der Waals surface area contributed by atoms with E-state index in [1.807, 2.05) is 45.9 Å². The third kappa shape index (κ3) is 9.40. The van der Waals surface area contributed by atoms with Crippen molar-refractivity contribution in [3.63, 3.8) is 0 Å². The van der Waals surface area contributed by atoms with E-state index in [1.54, 1.807) is 78.9 Å². The van der Waals surface area contributed by atoms with Gasteiger partial charge in [-0.05, 0) is 75.2 Å². The summed E-state index contributed by atoms with van der Waals surface area (Å²) in [6, 6.07) is 27.5. The Labute approximate surface area is 222 Å². The first kappa shape index (κ1) is 29.0. The molecule has 0 spiro atoms. The minimum atomic E-state index is -4.21. The molecular weight excluding hydrogens is 526 g/mol. The fourth-order valence-electron chi connectivity index (χ4n) is 3.18. The molecular formula is C28H30O8P2. The summed E-state index contributed by atoms with van der Waals surface area (Å²) >= 11 is 0. The Hall–Kier alpha value is -3.54. The zero-order valence-electron chi connectivity index (χ0n) is 21.5. The van der Waals surface area contributed by atoms with Crippen LogP contribution in [0.5, 0.6) is 23.0 Å². The maximum atomic E-state index is 12.1. The number of phosphoric acid groups is 2. The predicted molar refractivity (Wildman–Crippen MR) is 147 cm³/mol. The number of aryl methyl sites for hydroxylation is 4. The Balaban J connectivity index is 0.000000212. The largest absolute Gasteiger partial charge is 0.584 e. The Morgan fingerprint density at radius 3 is 1.26 bits per heavy atom. The summed E-state index contributed by atoms with van der Waals surface area (Å²) in [5, 5.41) is 0. The highest BCUT2D eigenvalue weighted by molar-refractivity contribution is 7.48. The lowest BCUT2D eigenvalue weighted by Crippen LogP contribution is -2.02. The molecule has 0 heterocycles. The molecule has 0 aliphatic rings. The number of para-hydroxylation sites is 2. The molecule has 0 fully saturated rings. The zero-order chi connectivity index (χ0) is 27.8. The molecule has 8 nitrogen and oxygen atoms in total. The molecule has 2 N–H and O–H groups in total. The first-order chi connectivity index (χ1) is 17.9. The molecule has 4 aromatic rings. The molecule has 0 aromatic heterocycles. The SMILES string of the molecule is Cc1ccc(OP(=O)(O)Oc2c(C)cccc2C)cc1.Cc1ccc(OP(=O)(O)Oc2ccccc2)cc1. The number of hydrogen-bond acceptors (Lipinski definition) is 6. The van der Waals surface area contributed by atoms with E-state index >= 15 is 0 Å². The van der Waals surface area contributed by atoms with Gasteiger partial charge in [0, 0.05) is 0 Å². The van der Waals surface area contributed by atoms with Crippen molar-refractivity contribution in [1.82, 2.24) is 0 Å². The molecule has 4 aromatic carbocycles. The molecule has 200 valence electrons. The normalized spacial score (nSPS) is 13.6. The highest BCUT2D eigenvalue weighted by atomic mass is 31.2. The molecule has 0 amide bonds. The maximum Gasteiger partial charge on any atom is 0.584 e. The van der Waals surface area contributed by atoms with Crippen LogP contribution in [0.3, 0.4) is 0 Å². The van der Waals surface area contributed by atoms with Crippen LogP contribution in [0.25, 0.3) is 0 Å². The van der Waals surface area contributed by atoms with Gasteiger partial charge >= 0.3 is 15.6 Å². The first-order valence-corrected chi connectivity index (χ1v) is 14.6. The summed E-state index contributed by atoms with van der Waals surface area (Å²) in [7, 11) is -8.36. The Kier molecular flexibility index (Phi) is 9.78. The lowest BCUT2D eigenvalue weighted by atomic mass is 10.1. The lowest BCUT2D eigenvalue weighted by Gasteiger charge is -2.16. The number of hydrogen-bond donors (Lipinski definition) is 2. The van der Waals surface area contributed by atoms with Crippen molar-refractivity contribution in [3.8, 4) is 23.0 Å². The van der Waals surface area contributed by atoms with Crippen LogP contribution >= 0.6 is 15.6 Å². The van der Waals surface area contributed by atoms with Crippen LogP contribution in [0, 0.1) is 27.7 Å². The van der Waals surface area contributed by atoms with Gasteiger partial charge in [-0.1, -0.05) is 71.8 Å². The van der Waals surface area contributed by atoms with Crippen molar-refractivity contribution in [2.45, 2.75) is 27.7 Å². The fraction of sp³-hybridized carbons (Fsp3) is 0.143. The van der Waals surface area contributed by atoms with Gasteiger partial charge in [0.2, 0.25) is 0 Å². The molecule has 38 heavy (non-hydrogen) atoms. The Morgan fingerprint density at radius 2 is 0.842 bits per heavy atom. The van der Waals surface area contributed by atoms with Gasteiger partial charge in [0.15, 0.2) is 0 Å². The monoisotopic (exact) mass is 556 g/mol. The van der Waals surface area contributed by atoms with Crippen LogP contribution in [0.1, 0.15) is 22.3 Å². The lowest BCUT2D eigenvalue weighted by molar-refractivity contribution is 0.288. The topological polar surface area (TPSA) is 112 Å². The smallest absolute Gasteiger partial charge is 0.395 e. The van der Waals surface area contributed by atoms with E-state index in [2.05, 4.69) is 0 Å². The molecule has 0 saturated carbocycles. The quantitative estimate of drug-likeness (QED) is 0.212. The molecule has 0 aliphatic heterocycles. The first-order valence-electron chi connectivity index (χ1n) is 11.6. The van der Waals surface area contributed by atoms with Crippen molar-refractivity contribution < 1.29 is 37.0 Å². The van der Waals surface area contributed by atoms with E-state index in [-0.39, 0.29) is 5.75 Å². The summed E-state index contributed by atoms with van der Waals surface area (Å²) in [5.74, 6) is 1.26. The Morgan fingerprint density at radius 1 is 0.474 bits per heavy atom. The Bertz CT molecular complexity index is 1400. The van der Waals surface area contributed by atoms with E-state index in [0.717, 1.165) is 22.3 Å². The summed E-state index contributed by atoms with van der Waals surface area (Å²) < 4.78 is 43.9. The van der Waals surface area contributed by atoms with E-state index in [1.165, 1.54) is 0 Å². The summed E-state index contributed by atoms with van der Waals surface area (Å²) in [6.45, 7) is 7.47. The number of phosphoric ester groups is 2. The van der Waals surface area contributed by atoms with Gasteiger partial charge in [0.1, 0.15) is 23.0 Å².